The predicted octanol–water partition coefficient (Wildman–Crippen LogP) is -0.00120. The Hall–Kier alpha value is -1.64. The lowest BCUT2D eigenvalue weighted by Crippen LogP contribution is -2.34. The highest BCUT2D eigenvalue weighted by Crippen LogP contribution is 2.40. The van der Waals surface area contributed by atoms with Gasteiger partial charge in [0.25, 0.3) is 0 Å². The van der Waals surface area contributed by atoms with Crippen LogP contribution in [0.4, 0.5) is 0 Å². The number of aliphatic hydroxyl groups is 1. The Bertz CT molecular complexity index is 507. The zero-order valence-electron chi connectivity index (χ0n) is 11.6. The third-order valence-corrected chi connectivity index (χ3v) is 2.94. The second-order valence-electron chi connectivity index (χ2n) is 4.04. The molecule has 0 aromatic heterocycles. The lowest BCUT2D eigenvalue weighted by atomic mass is 10.2. The van der Waals surface area contributed by atoms with Crippen LogP contribution in [0.2, 0.25) is 0 Å². The van der Waals surface area contributed by atoms with Crippen LogP contribution in [0, 0.1) is 0 Å². The van der Waals surface area contributed by atoms with E-state index in [-0.39, 0.29) is 24.7 Å². The number of aliphatic hydroxyl groups excluding tert-OH is 1. The van der Waals surface area contributed by atoms with Crippen LogP contribution in [-0.4, -0.2) is 52.9 Å². The molecule has 9 nitrogen and oxygen atoms in total. The van der Waals surface area contributed by atoms with Crippen LogP contribution in [0.1, 0.15) is 0 Å². The first-order valence-corrected chi connectivity index (χ1v) is 7.64. The highest BCUT2D eigenvalue weighted by Gasteiger charge is 2.44. The number of carbonyl (C=O) groups is 1. The Balaban J connectivity index is 3.06. The zero-order chi connectivity index (χ0) is 16.8. The van der Waals surface area contributed by atoms with Gasteiger partial charge in [-0.2, -0.15) is 0 Å². The average Bonchev–Trinajstić information content (AvgIpc) is 2.75. The fourth-order valence-corrected chi connectivity index (χ4v) is 2.16. The molecule has 1 rings (SSSR count). The molecule has 1 aliphatic rings. The first kappa shape index (κ1) is 18.4. The number of phosphoric ester groups is 1. The van der Waals surface area contributed by atoms with Crippen LogP contribution in [0.5, 0.6) is 0 Å². The number of hydrogen-bond acceptors (Lipinski definition) is 7. The summed E-state index contributed by atoms with van der Waals surface area (Å²) in [5.74, 6) is -1.32. The van der Waals surface area contributed by atoms with Crippen molar-refractivity contribution >= 4 is 13.8 Å². The van der Waals surface area contributed by atoms with Gasteiger partial charge in [-0.05, 0) is 0 Å². The molecule has 2 unspecified atom stereocenters. The second kappa shape index (κ2) is 8.11. The molecular formula is C12H17O9P. The van der Waals surface area contributed by atoms with Crippen LogP contribution >= 0.6 is 7.82 Å². The van der Waals surface area contributed by atoms with Gasteiger partial charge in [0.05, 0.1) is 6.61 Å². The summed E-state index contributed by atoms with van der Waals surface area (Å²) in [7, 11) is -4.91. The minimum Gasteiger partial charge on any atom is -0.486 e. The van der Waals surface area contributed by atoms with Crippen LogP contribution in [-0.2, 0) is 28.1 Å². The van der Waals surface area contributed by atoms with E-state index in [1.807, 2.05) is 0 Å². The molecule has 0 aromatic rings. The van der Waals surface area contributed by atoms with Crippen LogP contribution in [0.3, 0.4) is 0 Å². The summed E-state index contributed by atoms with van der Waals surface area (Å²) in [5.41, 5.74) is 0. The Morgan fingerprint density at radius 1 is 1.27 bits per heavy atom. The maximum Gasteiger partial charge on any atom is 0.470 e. The van der Waals surface area contributed by atoms with E-state index in [2.05, 4.69) is 17.7 Å². The summed E-state index contributed by atoms with van der Waals surface area (Å²) in [6, 6.07) is 0. The van der Waals surface area contributed by atoms with E-state index in [0.717, 1.165) is 0 Å². The molecule has 0 bridgehead atoms. The molecule has 0 saturated carbocycles. The fourth-order valence-electron chi connectivity index (χ4n) is 1.63. The normalized spacial score (nSPS) is 19.6. The first-order valence-electron chi connectivity index (χ1n) is 6.11. The third-order valence-electron chi connectivity index (χ3n) is 2.39. The Morgan fingerprint density at radius 3 is 2.36 bits per heavy atom. The number of rotatable bonds is 10. The van der Waals surface area contributed by atoms with E-state index in [0.29, 0.717) is 0 Å². The number of phosphoric acid groups is 1. The standard InChI is InChI=1S/C12H17O9P/c1-3-5-18-10-9(8(7-13)21-22(15,16)17)20-12(14)11(10)19-6-4-2/h3-4,8-9,13H,1-2,5-7H2,(H2,15,16,17). The molecule has 0 amide bonds. The number of cyclic esters (lactones) is 1. The second-order valence-corrected chi connectivity index (χ2v) is 5.23. The SMILES string of the molecule is C=CCOC1=C(OCC=C)C(C(CO)OP(=O)(O)O)OC1=O. The minimum absolute atomic E-state index is 0.0127. The fraction of sp³-hybridized carbons (Fsp3) is 0.417. The number of ether oxygens (including phenoxy) is 3. The van der Waals surface area contributed by atoms with E-state index in [9.17, 15) is 14.5 Å². The number of carbonyl (C=O) groups excluding carboxylic acids is 1. The van der Waals surface area contributed by atoms with Gasteiger partial charge in [0.15, 0.2) is 11.9 Å². The predicted molar refractivity (Wildman–Crippen MR) is 73.2 cm³/mol. The largest absolute Gasteiger partial charge is 0.486 e. The number of hydrogen-bond donors (Lipinski definition) is 3. The van der Waals surface area contributed by atoms with Crippen molar-refractivity contribution in [3.8, 4) is 0 Å². The van der Waals surface area contributed by atoms with Crippen molar-refractivity contribution in [1.82, 2.24) is 0 Å². The van der Waals surface area contributed by atoms with E-state index in [4.69, 9.17) is 24.0 Å². The Morgan fingerprint density at radius 2 is 1.86 bits per heavy atom. The van der Waals surface area contributed by atoms with Gasteiger partial charge >= 0.3 is 13.8 Å². The topological polar surface area (TPSA) is 132 Å². The maximum absolute atomic E-state index is 11.8. The van der Waals surface area contributed by atoms with Gasteiger partial charge in [-0.3, -0.25) is 4.52 Å². The van der Waals surface area contributed by atoms with Gasteiger partial charge in [0.2, 0.25) is 5.76 Å². The third kappa shape index (κ3) is 4.97. The summed E-state index contributed by atoms with van der Waals surface area (Å²) in [6.07, 6.45) is -0.108. The van der Waals surface area contributed by atoms with Gasteiger partial charge in [-0.25, -0.2) is 9.36 Å². The molecule has 1 aliphatic heterocycles. The van der Waals surface area contributed by atoms with Gasteiger partial charge in [0, 0.05) is 0 Å². The van der Waals surface area contributed by atoms with E-state index in [1.165, 1.54) is 12.2 Å². The zero-order valence-corrected chi connectivity index (χ0v) is 12.5. The molecule has 2 atom stereocenters. The smallest absolute Gasteiger partial charge is 0.470 e. The summed E-state index contributed by atoms with van der Waals surface area (Å²) in [5, 5.41) is 9.23. The molecule has 0 spiro atoms. The van der Waals surface area contributed by atoms with Gasteiger partial charge in [0.1, 0.15) is 19.3 Å². The van der Waals surface area contributed by atoms with Crippen molar-refractivity contribution in [2.75, 3.05) is 19.8 Å². The Labute approximate surface area is 126 Å². The van der Waals surface area contributed by atoms with E-state index < -0.39 is 32.6 Å². The monoisotopic (exact) mass is 336 g/mol. The average molecular weight is 336 g/mol. The highest BCUT2D eigenvalue weighted by molar-refractivity contribution is 7.46. The molecule has 0 aliphatic carbocycles. The van der Waals surface area contributed by atoms with E-state index in [1.54, 1.807) is 0 Å². The highest BCUT2D eigenvalue weighted by atomic mass is 31.2. The molecule has 1 heterocycles. The van der Waals surface area contributed by atoms with Crippen molar-refractivity contribution in [2.45, 2.75) is 12.2 Å². The quantitative estimate of drug-likeness (QED) is 0.286. The molecule has 0 radical (unpaired) electrons. The van der Waals surface area contributed by atoms with Crippen molar-refractivity contribution in [3.63, 3.8) is 0 Å². The van der Waals surface area contributed by atoms with Gasteiger partial charge < -0.3 is 29.1 Å². The summed E-state index contributed by atoms with van der Waals surface area (Å²) >= 11 is 0. The molecule has 22 heavy (non-hydrogen) atoms. The molecule has 10 heteroatoms. The molecule has 0 aromatic carbocycles. The minimum atomic E-state index is -4.91. The lowest BCUT2D eigenvalue weighted by molar-refractivity contribution is -0.148. The van der Waals surface area contributed by atoms with Gasteiger partial charge in [-0.15, -0.1) is 0 Å². The maximum atomic E-state index is 11.8. The van der Waals surface area contributed by atoms with Gasteiger partial charge in [-0.1, -0.05) is 25.3 Å². The van der Waals surface area contributed by atoms with Crippen LogP contribution < -0.4 is 0 Å². The van der Waals surface area contributed by atoms with Crippen molar-refractivity contribution in [1.29, 1.82) is 0 Å². The summed E-state index contributed by atoms with van der Waals surface area (Å²) in [6.45, 7) is 6.02. The van der Waals surface area contributed by atoms with Crippen LogP contribution in [0.15, 0.2) is 36.8 Å². The lowest BCUT2D eigenvalue weighted by Gasteiger charge is -2.22. The van der Waals surface area contributed by atoms with Crippen molar-refractivity contribution in [2.24, 2.45) is 0 Å². The summed E-state index contributed by atoms with van der Waals surface area (Å²) < 4.78 is 30.6. The molecule has 124 valence electrons. The molecule has 0 fully saturated rings. The Kier molecular flexibility index (Phi) is 6.79. The summed E-state index contributed by atoms with van der Waals surface area (Å²) in [4.78, 5) is 29.4. The first-order chi connectivity index (χ1) is 10.3. The molecule has 3 N–H and O–H groups in total. The molecule has 0 saturated heterocycles. The van der Waals surface area contributed by atoms with Crippen molar-refractivity contribution < 1.29 is 43.0 Å². The van der Waals surface area contributed by atoms with Crippen molar-refractivity contribution in [3.05, 3.63) is 36.8 Å². The van der Waals surface area contributed by atoms with Crippen LogP contribution in [0.25, 0.3) is 0 Å². The number of esters is 1. The molecular weight excluding hydrogens is 319 g/mol. The van der Waals surface area contributed by atoms with E-state index >= 15 is 0 Å².